The van der Waals surface area contributed by atoms with E-state index < -0.39 is 31.2 Å². The van der Waals surface area contributed by atoms with E-state index in [1.807, 2.05) is 0 Å². The Kier molecular flexibility index (Phi) is 27.5. The van der Waals surface area contributed by atoms with Gasteiger partial charge in [-0.15, -0.1) is 0 Å². The maximum Gasteiger partial charge on any atom is 4.00 e. The molecule has 0 aromatic rings. The molecule has 0 aromatic heterocycles. The van der Waals surface area contributed by atoms with Crippen LogP contribution in [0.3, 0.4) is 0 Å². The fraction of sp³-hybridized carbons (Fsp3) is 0. The van der Waals surface area contributed by atoms with E-state index in [9.17, 15) is 0 Å². The molecule has 18 heavy (non-hydrogen) atoms. The average Bonchev–Trinajstić information content (AvgIpc) is 1.41. The van der Waals surface area contributed by atoms with Gasteiger partial charge in [0.05, 0.1) is 0 Å². The molecule has 14 nitrogen and oxygen atoms in total. The van der Waals surface area contributed by atoms with E-state index in [-0.39, 0.29) is 34.0 Å². The van der Waals surface area contributed by atoms with Crippen molar-refractivity contribution in [2.24, 2.45) is 0 Å². The molecular formula is H8N2O12S3Ti. The second kappa shape index (κ2) is 13.7. The second-order valence-electron chi connectivity index (χ2n) is 1.22. The summed E-state index contributed by atoms with van der Waals surface area (Å²) in [6, 6.07) is 0. The summed E-state index contributed by atoms with van der Waals surface area (Å²) in [4.78, 5) is 0. The molecule has 112 valence electrons. The van der Waals surface area contributed by atoms with Crippen LogP contribution in [0.25, 0.3) is 0 Å². The van der Waals surface area contributed by atoms with Crippen molar-refractivity contribution in [2.75, 3.05) is 0 Å². The molecular weight excluding hydrogens is 364 g/mol. The molecule has 18 heteroatoms. The van der Waals surface area contributed by atoms with Crippen LogP contribution in [0.15, 0.2) is 0 Å². The van der Waals surface area contributed by atoms with Gasteiger partial charge in [0.15, 0.2) is 0 Å². The fourth-order valence-electron chi connectivity index (χ4n) is 0. The van der Waals surface area contributed by atoms with Crippen LogP contribution in [0.5, 0.6) is 0 Å². The summed E-state index contributed by atoms with van der Waals surface area (Å²) in [6.07, 6.45) is 0. The van der Waals surface area contributed by atoms with Gasteiger partial charge in [-0.25, -0.2) is 0 Å². The molecule has 0 amide bonds. The van der Waals surface area contributed by atoms with Crippen LogP contribution in [0.1, 0.15) is 0 Å². The van der Waals surface area contributed by atoms with Gasteiger partial charge >= 0.3 is 21.7 Å². The molecule has 0 fully saturated rings. The maximum absolute atomic E-state index is 8.52. The third-order valence-corrected chi connectivity index (χ3v) is 0. The summed E-state index contributed by atoms with van der Waals surface area (Å²) in [5.41, 5.74) is 0. The fourth-order valence-corrected chi connectivity index (χ4v) is 0. The first-order valence-electron chi connectivity index (χ1n) is 2.00. The number of rotatable bonds is 0. The molecule has 0 aliphatic heterocycles. The Balaban J connectivity index is -0.0000000277. The normalized spacial score (nSPS) is 9.67. The van der Waals surface area contributed by atoms with Gasteiger partial charge < -0.3 is 39.6 Å². The maximum atomic E-state index is 8.52. The van der Waals surface area contributed by atoms with Crippen molar-refractivity contribution >= 4 is 31.2 Å². The van der Waals surface area contributed by atoms with E-state index in [0.29, 0.717) is 0 Å². The molecule has 0 radical (unpaired) electrons. The summed E-state index contributed by atoms with van der Waals surface area (Å²) < 4.78 is 102. The molecule has 0 saturated carbocycles. The Morgan fingerprint density at radius 1 is 0.444 bits per heavy atom. The molecule has 0 aliphatic carbocycles. The predicted octanol–water partition coefficient (Wildman–Crippen LogP) is -3.26. The summed E-state index contributed by atoms with van der Waals surface area (Å²) in [5, 5.41) is 0. The zero-order valence-corrected chi connectivity index (χ0v) is 12.6. The van der Waals surface area contributed by atoms with E-state index >= 15 is 0 Å². The van der Waals surface area contributed by atoms with Crippen molar-refractivity contribution in [2.45, 2.75) is 0 Å². The first-order valence-corrected chi connectivity index (χ1v) is 6.00. The average molecular weight is 372 g/mol. The first-order chi connectivity index (χ1) is 6.00. The first kappa shape index (κ1) is 36.2. The van der Waals surface area contributed by atoms with Crippen molar-refractivity contribution < 1.29 is 74.3 Å². The molecule has 0 atom stereocenters. The topological polar surface area (TPSA) is 314 Å². The third-order valence-electron chi connectivity index (χ3n) is 0. The summed E-state index contributed by atoms with van der Waals surface area (Å²) >= 11 is 0. The van der Waals surface area contributed by atoms with Crippen molar-refractivity contribution in [3.63, 3.8) is 0 Å². The van der Waals surface area contributed by atoms with Crippen molar-refractivity contribution in [3.8, 4) is 0 Å². The minimum atomic E-state index is -5.17. The van der Waals surface area contributed by atoms with Crippen LogP contribution in [0.2, 0.25) is 0 Å². The smallest absolute Gasteiger partial charge is 0.759 e. The summed E-state index contributed by atoms with van der Waals surface area (Å²) in [6.45, 7) is 0. The molecule has 8 N–H and O–H groups in total. The largest absolute Gasteiger partial charge is 4.00 e. The third kappa shape index (κ3) is 63300. The Morgan fingerprint density at radius 2 is 0.444 bits per heavy atom. The Labute approximate surface area is 118 Å². The minimum Gasteiger partial charge on any atom is -0.759 e. The number of hydrogen-bond acceptors (Lipinski definition) is 12. The van der Waals surface area contributed by atoms with Gasteiger partial charge in [-0.05, 0) is 0 Å². The van der Waals surface area contributed by atoms with Crippen LogP contribution < -0.4 is 12.3 Å². The zero-order valence-electron chi connectivity index (χ0n) is 8.62. The van der Waals surface area contributed by atoms with Gasteiger partial charge in [-0.2, -0.15) is 0 Å². The van der Waals surface area contributed by atoms with Crippen LogP contribution in [-0.4, -0.2) is 52.6 Å². The quantitative estimate of drug-likeness (QED) is 0.240. The van der Waals surface area contributed by atoms with E-state index in [0.717, 1.165) is 0 Å². The second-order valence-corrected chi connectivity index (χ2v) is 3.67. The van der Waals surface area contributed by atoms with Crippen LogP contribution in [0, 0.1) is 0 Å². The van der Waals surface area contributed by atoms with Gasteiger partial charge in [0.2, 0.25) is 0 Å². The van der Waals surface area contributed by atoms with E-state index in [4.69, 9.17) is 52.6 Å². The van der Waals surface area contributed by atoms with Crippen molar-refractivity contribution in [1.29, 1.82) is 0 Å². The standard InChI is InChI=1S/2H3N.3H2O4S.Ti/c;;3*1-5(2,3)4;/h2*1H3;3*(H2,1,2,3,4);/q;;;;;+4/p-4. The van der Waals surface area contributed by atoms with Crippen LogP contribution >= 0.6 is 0 Å². The zero-order chi connectivity index (χ0) is 13.5. The van der Waals surface area contributed by atoms with Gasteiger partial charge in [-0.1, -0.05) is 0 Å². The van der Waals surface area contributed by atoms with Crippen LogP contribution in [-0.2, 0) is 52.9 Å². The molecule has 0 heterocycles. The molecule has 0 rings (SSSR count). The Bertz CT molecular complexity index is 346. The van der Waals surface area contributed by atoms with Gasteiger partial charge in [0, 0.05) is 31.2 Å². The predicted molar refractivity (Wildman–Crippen MR) is 43.4 cm³/mol. The Hall–Kier alpha value is 0.244. The molecule has 0 bridgehead atoms. The summed E-state index contributed by atoms with van der Waals surface area (Å²) in [7, 11) is -15.5. The van der Waals surface area contributed by atoms with Crippen LogP contribution in [0.4, 0.5) is 0 Å². The number of hydrogen-bond donors (Lipinski definition) is 2. The molecule has 0 aromatic carbocycles. The monoisotopic (exact) mass is 372 g/mol. The van der Waals surface area contributed by atoms with E-state index in [2.05, 4.69) is 0 Å². The minimum absolute atomic E-state index is 0. The molecule has 0 spiro atoms. The molecule has 0 unspecified atom stereocenters. The number of quaternary nitrogens is 2. The van der Waals surface area contributed by atoms with E-state index in [1.54, 1.807) is 0 Å². The molecule has 0 aliphatic rings. The van der Waals surface area contributed by atoms with Gasteiger partial charge in [0.25, 0.3) is 0 Å². The Morgan fingerprint density at radius 3 is 0.444 bits per heavy atom. The van der Waals surface area contributed by atoms with Gasteiger partial charge in [-0.3, -0.25) is 25.3 Å². The SMILES string of the molecule is O=S(=O)([O-])[O-].O=S(=O)([O-])[O-].O=S(=O)([O-])[O-].[NH4+].[NH4+].[Ti+4]. The van der Waals surface area contributed by atoms with E-state index in [1.165, 1.54) is 0 Å². The van der Waals surface area contributed by atoms with Crippen molar-refractivity contribution in [3.05, 3.63) is 0 Å². The van der Waals surface area contributed by atoms with Crippen molar-refractivity contribution in [1.82, 2.24) is 12.3 Å². The van der Waals surface area contributed by atoms with Gasteiger partial charge in [0.1, 0.15) is 0 Å². The summed E-state index contributed by atoms with van der Waals surface area (Å²) in [5.74, 6) is 0. The molecule has 0 saturated heterocycles.